The Morgan fingerprint density at radius 3 is 2.52 bits per heavy atom. The minimum atomic E-state index is -0.0778. The largest absolute Gasteiger partial charge is 0.424 e. The molecule has 0 aliphatic rings. The summed E-state index contributed by atoms with van der Waals surface area (Å²) >= 11 is 1.42. The van der Waals surface area contributed by atoms with Gasteiger partial charge in [0.1, 0.15) is 0 Å². The molecule has 0 N–H and O–H groups in total. The smallest absolute Gasteiger partial charge is 0.266 e. The predicted molar refractivity (Wildman–Crippen MR) is 115 cm³/mol. The van der Waals surface area contributed by atoms with Gasteiger partial charge in [0.05, 0.1) is 22.3 Å². The van der Waals surface area contributed by atoms with E-state index in [-0.39, 0.29) is 11.5 Å². The zero-order valence-electron chi connectivity index (χ0n) is 16.6. The van der Waals surface area contributed by atoms with E-state index in [1.165, 1.54) is 11.8 Å². The minimum Gasteiger partial charge on any atom is -0.424 e. The second-order valence-corrected chi connectivity index (χ2v) is 7.94. The topological polar surface area (TPSA) is 73.8 Å². The molecular formula is C22H22N4O2S. The Balaban J connectivity index is 1.86. The van der Waals surface area contributed by atoms with Crippen molar-refractivity contribution in [2.24, 2.45) is 0 Å². The van der Waals surface area contributed by atoms with E-state index >= 15 is 0 Å². The van der Waals surface area contributed by atoms with Crippen LogP contribution >= 0.6 is 11.8 Å². The van der Waals surface area contributed by atoms with Crippen molar-refractivity contribution >= 4 is 22.7 Å². The van der Waals surface area contributed by atoms with E-state index in [1.54, 1.807) is 4.57 Å². The van der Waals surface area contributed by atoms with Gasteiger partial charge in [-0.2, -0.15) is 0 Å². The second kappa shape index (κ2) is 8.21. The maximum Gasteiger partial charge on any atom is 0.266 e. The highest BCUT2D eigenvalue weighted by atomic mass is 32.2. The number of aromatic nitrogens is 4. The minimum absolute atomic E-state index is 0.0778. The first-order valence-electron chi connectivity index (χ1n) is 9.63. The zero-order valence-corrected chi connectivity index (χ0v) is 17.4. The molecule has 0 radical (unpaired) electrons. The summed E-state index contributed by atoms with van der Waals surface area (Å²) in [4.78, 5) is 18.2. The SMILES string of the molecule is CCc1nnc(CSc2nc3ccccc3c(=O)n2-c2ccccc2C(C)C)o1. The molecule has 4 rings (SSSR count). The van der Waals surface area contributed by atoms with E-state index in [9.17, 15) is 4.79 Å². The van der Waals surface area contributed by atoms with Crippen molar-refractivity contribution in [1.29, 1.82) is 0 Å². The molecule has 2 aromatic carbocycles. The van der Waals surface area contributed by atoms with Gasteiger partial charge in [0, 0.05) is 6.42 Å². The molecule has 6 nitrogen and oxygen atoms in total. The highest BCUT2D eigenvalue weighted by Crippen LogP contribution is 2.28. The number of nitrogens with zero attached hydrogens (tertiary/aromatic N) is 4. The lowest BCUT2D eigenvalue weighted by Gasteiger charge is -2.17. The van der Waals surface area contributed by atoms with Gasteiger partial charge in [-0.25, -0.2) is 4.98 Å². The molecule has 0 spiro atoms. The van der Waals surface area contributed by atoms with Crippen LogP contribution in [0.4, 0.5) is 0 Å². The van der Waals surface area contributed by atoms with Crippen LogP contribution in [-0.2, 0) is 12.2 Å². The lowest BCUT2D eigenvalue weighted by Crippen LogP contribution is -2.23. The number of benzene rings is 2. The van der Waals surface area contributed by atoms with Crippen LogP contribution in [0.25, 0.3) is 16.6 Å². The molecule has 0 aliphatic heterocycles. The Morgan fingerprint density at radius 1 is 1.03 bits per heavy atom. The van der Waals surface area contributed by atoms with Gasteiger partial charge >= 0.3 is 0 Å². The molecule has 0 bridgehead atoms. The quantitative estimate of drug-likeness (QED) is 0.340. The summed E-state index contributed by atoms with van der Waals surface area (Å²) in [5, 5.41) is 9.30. The standard InChI is InChI=1S/C22H22N4O2S/c1-4-19-24-25-20(28-19)13-29-22-23-17-11-7-5-10-16(17)21(27)26(22)18-12-8-6-9-15(18)14(2)3/h5-12,14H,4,13H2,1-3H3. The average molecular weight is 407 g/mol. The van der Waals surface area contributed by atoms with Gasteiger partial charge in [-0.05, 0) is 29.7 Å². The predicted octanol–water partition coefficient (Wildman–Crippen LogP) is 4.75. The molecule has 0 amide bonds. The summed E-state index contributed by atoms with van der Waals surface area (Å²) in [6, 6.07) is 15.4. The maximum atomic E-state index is 13.4. The van der Waals surface area contributed by atoms with Crippen molar-refractivity contribution in [2.75, 3.05) is 0 Å². The summed E-state index contributed by atoms with van der Waals surface area (Å²) < 4.78 is 7.33. The number of fused-ring (bicyclic) bond motifs is 1. The molecule has 2 heterocycles. The summed E-state index contributed by atoms with van der Waals surface area (Å²) in [5.74, 6) is 1.85. The molecule has 0 aliphatic carbocycles. The Labute approximate surface area is 173 Å². The van der Waals surface area contributed by atoms with Gasteiger partial charge in [0.2, 0.25) is 11.8 Å². The van der Waals surface area contributed by atoms with E-state index in [0.29, 0.717) is 40.0 Å². The van der Waals surface area contributed by atoms with E-state index in [4.69, 9.17) is 9.40 Å². The van der Waals surface area contributed by atoms with Crippen LogP contribution in [0.5, 0.6) is 0 Å². The van der Waals surface area contributed by atoms with E-state index in [2.05, 4.69) is 30.1 Å². The van der Waals surface area contributed by atoms with E-state index in [0.717, 1.165) is 11.3 Å². The van der Waals surface area contributed by atoms with Crippen molar-refractivity contribution in [3.8, 4) is 5.69 Å². The van der Waals surface area contributed by atoms with Crippen LogP contribution in [0.15, 0.2) is 62.9 Å². The Bertz CT molecular complexity index is 1210. The first kappa shape index (κ1) is 19.4. The van der Waals surface area contributed by atoms with Gasteiger partial charge in [-0.1, -0.05) is 62.9 Å². The first-order chi connectivity index (χ1) is 14.1. The van der Waals surface area contributed by atoms with Crippen molar-refractivity contribution in [2.45, 2.75) is 44.0 Å². The molecular weight excluding hydrogens is 384 g/mol. The molecule has 4 aromatic rings. The van der Waals surface area contributed by atoms with Gasteiger partial charge in [-0.15, -0.1) is 10.2 Å². The van der Waals surface area contributed by atoms with Crippen molar-refractivity contribution in [3.63, 3.8) is 0 Å². The van der Waals surface area contributed by atoms with Crippen molar-refractivity contribution < 1.29 is 4.42 Å². The molecule has 148 valence electrons. The lowest BCUT2D eigenvalue weighted by molar-refractivity contribution is 0.469. The van der Waals surface area contributed by atoms with Gasteiger partial charge in [0.25, 0.3) is 5.56 Å². The molecule has 0 atom stereocenters. The van der Waals surface area contributed by atoms with Gasteiger partial charge < -0.3 is 4.42 Å². The third-order valence-electron chi connectivity index (χ3n) is 4.68. The van der Waals surface area contributed by atoms with Crippen LogP contribution in [-0.4, -0.2) is 19.7 Å². The Hall–Kier alpha value is -2.93. The average Bonchev–Trinajstić information content (AvgIpc) is 3.20. The van der Waals surface area contributed by atoms with Gasteiger partial charge in [0.15, 0.2) is 5.16 Å². The molecule has 0 fully saturated rings. The zero-order chi connectivity index (χ0) is 20.4. The molecule has 2 aromatic heterocycles. The maximum absolute atomic E-state index is 13.4. The van der Waals surface area contributed by atoms with Crippen LogP contribution in [0.2, 0.25) is 0 Å². The molecule has 29 heavy (non-hydrogen) atoms. The normalized spacial score (nSPS) is 11.4. The fourth-order valence-electron chi connectivity index (χ4n) is 3.22. The third kappa shape index (κ3) is 3.82. The van der Waals surface area contributed by atoms with Crippen LogP contribution in [0.3, 0.4) is 0 Å². The number of thioether (sulfide) groups is 1. The van der Waals surface area contributed by atoms with Crippen LogP contribution < -0.4 is 5.56 Å². The van der Waals surface area contributed by atoms with E-state index in [1.807, 2.05) is 49.4 Å². The molecule has 0 unspecified atom stereocenters. The summed E-state index contributed by atoms with van der Waals surface area (Å²) in [6.07, 6.45) is 0.693. The molecule has 0 saturated carbocycles. The third-order valence-corrected chi connectivity index (χ3v) is 5.60. The van der Waals surface area contributed by atoms with Crippen LogP contribution in [0.1, 0.15) is 44.0 Å². The lowest BCUT2D eigenvalue weighted by atomic mass is 10.0. The van der Waals surface area contributed by atoms with Gasteiger partial charge in [-0.3, -0.25) is 9.36 Å². The Morgan fingerprint density at radius 2 is 1.76 bits per heavy atom. The fraction of sp³-hybridized carbons (Fsp3) is 0.273. The highest BCUT2D eigenvalue weighted by Gasteiger charge is 2.18. The summed E-state index contributed by atoms with van der Waals surface area (Å²) in [7, 11) is 0. The molecule has 7 heteroatoms. The number of aryl methyl sites for hydroxylation is 1. The van der Waals surface area contributed by atoms with Crippen molar-refractivity contribution in [1.82, 2.24) is 19.7 Å². The number of rotatable bonds is 6. The van der Waals surface area contributed by atoms with E-state index < -0.39 is 0 Å². The number of hydrogen-bond donors (Lipinski definition) is 0. The number of para-hydroxylation sites is 2. The van der Waals surface area contributed by atoms with Crippen molar-refractivity contribution in [3.05, 3.63) is 76.2 Å². The highest BCUT2D eigenvalue weighted by molar-refractivity contribution is 7.98. The second-order valence-electron chi connectivity index (χ2n) is 7.00. The summed E-state index contributed by atoms with van der Waals surface area (Å²) in [5.41, 5.74) is 2.55. The monoisotopic (exact) mass is 406 g/mol. The Kier molecular flexibility index (Phi) is 5.49. The summed E-state index contributed by atoms with van der Waals surface area (Å²) in [6.45, 7) is 6.21. The van der Waals surface area contributed by atoms with Crippen LogP contribution in [0, 0.1) is 0 Å². The fourth-order valence-corrected chi connectivity index (χ4v) is 4.06. The number of hydrogen-bond acceptors (Lipinski definition) is 6. The first-order valence-corrected chi connectivity index (χ1v) is 10.6. The molecule has 0 saturated heterocycles.